The molecule has 0 atom stereocenters. The smallest absolute Gasteiger partial charge is 0.250 e. The molecule has 1 heterocycles. The average Bonchev–Trinajstić information content (AvgIpc) is 2.96. The predicted octanol–water partition coefficient (Wildman–Crippen LogP) is 3.51. The second-order valence-corrected chi connectivity index (χ2v) is 5.34. The molecule has 0 aliphatic heterocycles. The van der Waals surface area contributed by atoms with Crippen LogP contribution in [0.15, 0.2) is 42.5 Å². The summed E-state index contributed by atoms with van der Waals surface area (Å²) in [5.74, 6) is 0.559. The topological polar surface area (TPSA) is 67.0 Å². The van der Waals surface area contributed by atoms with Crippen molar-refractivity contribution in [2.24, 2.45) is 0 Å². The van der Waals surface area contributed by atoms with E-state index in [1.54, 1.807) is 0 Å². The van der Waals surface area contributed by atoms with Crippen molar-refractivity contribution in [1.82, 2.24) is 9.97 Å². The minimum absolute atomic E-state index is 0.0458. The Morgan fingerprint density at radius 2 is 2.09 bits per heavy atom. The van der Waals surface area contributed by atoms with E-state index in [1.807, 2.05) is 50.2 Å². The van der Waals surface area contributed by atoms with Crippen molar-refractivity contribution in [3.8, 4) is 11.4 Å². The molecule has 1 aromatic heterocycles. The molecule has 0 unspecified atom stereocenters. The largest absolute Gasteiger partial charge is 0.372 e. The van der Waals surface area contributed by atoms with Gasteiger partial charge in [0.15, 0.2) is 0 Å². The van der Waals surface area contributed by atoms with Crippen LogP contribution in [-0.2, 0) is 9.53 Å². The molecule has 2 aromatic carbocycles. The summed E-state index contributed by atoms with van der Waals surface area (Å²) >= 11 is 0. The molecule has 3 aromatic rings. The van der Waals surface area contributed by atoms with Crippen LogP contribution in [0, 0.1) is 6.92 Å². The molecule has 23 heavy (non-hydrogen) atoms. The number of nitrogens with one attached hydrogen (secondary N) is 2. The number of carbonyl (C=O) groups excluding carboxylic acids is 1. The van der Waals surface area contributed by atoms with E-state index in [2.05, 4.69) is 21.4 Å². The zero-order valence-electron chi connectivity index (χ0n) is 13.2. The number of imidazole rings is 1. The van der Waals surface area contributed by atoms with Gasteiger partial charge in [0.25, 0.3) is 0 Å². The van der Waals surface area contributed by atoms with Gasteiger partial charge in [0.1, 0.15) is 12.4 Å². The number of aromatic amines is 1. The second-order valence-electron chi connectivity index (χ2n) is 5.34. The fourth-order valence-corrected chi connectivity index (χ4v) is 2.43. The van der Waals surface area contributed by atoms with E-state index >= 15 is 0 Å². The van der Waals surface area contributed by atoms with Gasteiger partial charge in [-0.25, -0.2) is 4.98 Å². The summed E-state index contributed by atoms with van der Waals surface area (Å²) in [6.45, 7) is 4.46. The van der Waals surface area contributed by atoms with Crippen molar-refractivity contribution in [1.29, 1.82) is 0 Å². The Morgan fingerprint density at radius 3 is 2.91 bits per heavy atom. The predicted molar refractivity (Wildman–Crippen MR) is 91.4 cm³/mol. The Kier molecular flexibility index (Phi) is 4.39. The van der Waals surface area contributed by atoms with Crippen molar-refractivity contribution in [3.63, 3.8) is 0 Å². The molecule has 0 saturated carbocycles. The number of carbonyl (C=O) groups is 1. The van der Waals surface area contributed by atoms with Crippen molar-refractivity contribution < 1.29 is 9.53 Å². The number of aryl methyl sites for hydroxylation is 1. The highest BCUT2D eigenvalue weighted by Gasteiger charge is 2.12. The van der Waals surface area contributed by atoms with Crippen molar-refractivity contribution in [2.45, 2.75) is 13.8 Å². The van der Waals surface area contributed by atoms with Gasteiger partial charge in [-0.1, -0.05) is 18.2 Å². The van der Waals surface area contributed by atoms with Gasteiger partial charge >= 0.3 is 0 Å². The van der Waals surface area contributed by atoms with E-state index in [0.717, 1.165) is 22.4 Å². The number of nitrogens with zero attached hydrogens (tertiary/aromatic N) is 1. The lowest BCUT2D eigenvalue weighted by Crippen LogP contribution is -2.18. The normalized spacial score (nSPS) is 10.9. The van der Waals surface area contributed by atoms with Crippen LogP contribution in [0.25, 0.3) is 22.4 Å². The van der Waals surface area contributed by atoms with Crippen molar-refractivity contribution in [3.05, 3.63) is 48.0 Å². The van der Waals surface area contributed by atoms with Crippen molar-refractivity contribution >= 4 is 22.6 Å². The lowest BCUT2D eigenvalue weighted by molar-refractivity contribution is -0.120. The zero-order valence-corrected chi connectivity index (χ0v) is 13.2. The first-order valence-corrected chi connectivity index (χ1v) is 7.60. The van der Waals surface area contributed by atoms with Gasteiger partial charge < -0.3 is 15.0 Å². The summed E-state index contributed by atoms with van der Waals surface area (Å²) in [6.07, 6.45) is 0. The van der Waals surface area contributed by atoms with Gasteiger partial charge in [-0.2, -0.15) is 0 Å². The Hall–Kier alpha value is -2.66. The van der Waals surface area contributed by atoms with Crippen molar-refractivity contribution in [2.75, 3.05) is 18.5 Å². The number of hydrogen-bond acceptors (Lipinski definition) is 3. The summed E-state index contributed by atoms with van der Waals surface area (Å²) in [6, 6.07) is 13.7. The average molecular weight is 309 g/mol. The number of hydrogen-bond donors (Lipinski definition) is 2. The molecule has 0 aliphatic carbocycles. The van der Waals surface area contributed by atoms with Gasteiger partial charge in [-0.3, -0.25) is 4.79 Å². The van der Waals surface area contributed by atoms with Gasteiger partial charge in [0, 0.05) is 12.2 Å². The molecule has 0 bridgehead atoms. The highest BCUT2D eigenvalue weighted by molar-refractivity contribution is 5.96. The summed E-state index contributed by atoms with van der Waals surface area (Å²) in [5, 5.41) is 2.88. The first-order chi connectivity index (χ1) is 11.2. The number of fused-ring (bicyclic) bond motifs is 1. The molecule has 118 valence electrons. The van der Waals surface area contributed by atoms with E-state index in [9.17, 15) is 4.79 Å². The van der Waals surface area contributed by atoms with Crippen LogP contribution in [-0.4, -0.2) is 29.1 Å². The first-order valence-electron chi connectivity index (χ1n) is 7.60. The summed E-state index contributed by atoms with van der Waals surface area (Å²) in [4.78, 5) is 19.8. The minimum atomic E-state index is -0.175. The number of ether oxygens (including phenoxy) is 1. The maximum absolute atomic E-state index is 11.9. The molecular formula is C18H19N3O2. The van der Waals surface area contributed by atoms with Gasteiger partial charge in [-0.15, -0.1) is 0 Å². The van der Waals surface area contributed by atoms with E-state index in [4.69, 9.17) is 4.74 Å². The number of para-hydroxylation sites is 1. The monoisotopic (exact) mass is 309 g/mol. The summed E-state index contributed by atoms with van der Waals surface area (Å²) in [7, 11) is 0. The van der Waals surface area contributed by atoms with Crippen LogP contribution in [0.3, 0.4) is 0 Å². The summed E-state index contributed by atoms with van der Waals surface area (Å²) in [5.41, 5.74) is 4.63. The fraction of sp³-hybridized carbons (Fsp3) is 0.222. The van der Waals surface area contributed by atoms with E-state index in [-0.39, 0.29) is 12.5 Å². The van der Waals surface area contributed by atoms with Crippen LogP contribution >= 0.6 is 0 Å². The Labute approximate surface area is 134 Å². The number of rotatable bonds is 5. The molecular weight excluding hydrogens is 290 g/mol. The third kappa shape index (κ3) is 3.40. The molecule has 1 amide bonds. The minimum Gasteiger partial charge on any atom is -0.372 e. The van der Waals surface area contributed by atoms with Crippen LogP contribution in [0.2, 0.25) is 0 Å². The second kappa shape index (κ2) is 6.62. The molecule has 5 nitrogen and oxygen atoms in total. The van der Waals surface area contributed by atoms with Gasteiger partial charge in [-0.05, 0) is 43.7 Å². The first kappa shape index (κ1) is 15.2. The SMILES string of the molecule is CCOCC(=O)Nc1ccccc1-c1nc2ccc(C)cc2[nH]1. The van der Waals surface area contributed by atoms with E-state index in [1.165, 1.54) is 5.56 Å². The molecule has 5 heteroatoms. The third-order valence-corrected chi connectivity index (χ3v) is 3.53. The Bertz CT molecular complexity index is 839. The summed E-state index contributed by atoms with van der Waals surface area (Å²) < 4.78 is 5.14. The molecule has 0 spiro atoms. The van der Waals surface area contributed by atoms with E-state index < -0.39 is 0 Å². The Morgan fingerprint density at radius 1 is 1.26 bits per heavy atom. The number of benzene rings is 2. The van der Waals surface area contributed by atoms with Gasteiger partial charge in [0.2, 0.25) is 5.91 Å². The van der Waals surface area contributed by atoms with Gasteiger partial charge in [0.05, 0.1) is 16.7 Å². The molecule has 2 N–H and O–H groups in total. The molecule has 0 aliphatic rings. The number of amides is 1. The number of aromatic nitrogens is 2. The van der Waals surface area contributed by atoms with Crippen LogP contribution in [0.5, 0.6) is 0 Å². The molecule has 3 rings (SSSR count). The highest BCUT2D eigenvalue weighted by atomic mass is 16.5. The maximum Gasteiger partial charge on any atom is 0.250 e. The standard InChI is InChI=1S/C18H19N3O2/c1-3-23-11-17(22)19-14-7-5-4-6-13(14)18-20-15-9-8-12(2)10-16(15)21-18/h4-10H,3,11H2,1-2H3,(H,19,22)(H,20,21). The Balaban J connectivity index is 1.93. The molecule has 0 radical (unpaired) electrons. The van der Waals surface area contributed by atoms with Crippen LogP contribution in [0.4, 0.5) is 5.69 Å². The molecule has 0 saturated heterocycles. The number of H-pyrrole nitrogens is 1. The van der Waals surface area contributed by atoms with Crippen LogP contribution in [0.1, 0.15) is 12.5 Å². The maximum atomic E-state index is 11.9. The quantitative estimate of drug-likeness (QED) is 0.758. The molecule has 0 fully saturated rings. The highest BCUT2D eigenvalue weighted by Crippen LogP contribution is 2.27. The van der Waals surface area contributed by atoms with Crippen LogP contribution < -0.4 is 5.32 Å². The lowest BCUT2D eigenvalue weighted by atomic mass is 10.1. The number of anilines is 1. The zero-order chi connectivity index (χ0) is 16.2. The third-order valence-electron chi connectivity index (χ3n) is 3.53. The van der Waals surface area contributed by atoms with E-state index in [0.29, 0.717) is 12.3 Å². The lowest BCUT2D eigenvalue weighted by Gasteiger charge is -2.09. The fourth-order valence-electron chi connectivity index (χ4n) is 2.43.